The van der Waals surface area contributed by atoms with Crippen molar-refractivity contribution in [3.8, 4) is 5.75 Å². The maximum Gasteiger partial charge on any atom is 0.490 e. The molecule has 0 atom stereocenters. The predicted octanol–water partition coefficient (Wildman–Crippen LogP) is 3.68. The number of aliphatic carboxylic acids is 1. The maximum atomic E-state index is 13.5. The van der Waals surface area contributed by atoms with Gasteiger partial charge in [-0.05, 0) is 43.0 Å². The Morgan fingerprint density at radius 3 is 2.26 bits per heavy atom. The number of carbonyl (C=O) groups excluding carboxylic acids is 1. The van der Waals surface area contributed by atoms with Crippen LogP contribution in [0.3, 0.4) is 0 Å². The Bertz CT molecular complexity index is 1230. The number of para-hydroxylation sites is 1. The number of carboxylic acid groups (broad SMARTS) is 1. The second-order valence-corrected chi connectivity index (χ2v) is 11.6. The zero-order valence-corrected chi connectivity index (χ0v) is 21.8. The van der Waals surface area contributed by atoms with Gasteiger partial charge < -0.3 is 14.7 Å². The number of nitrogens with zero attached hydrogens (tertiary/aromatic N) is 3. The summed E-state index contributed by atoms with van der Waals surface area (Å²) in [6.45, 7) is 6.43. The third-order valence-electron chi connectivity index (χ3n) is 6.32. The average molecular weight is 558 g/mol. The van der Waals surface area contributed by atoms with Gasteiger partial charge in [-0.1, -0.05) is 32.0 Å². The number of alkyl halides is 3. The van der Waals surface area contributed by atoms with Crippen molar-refractivity contribution in [3.05, 3.63) is 54.4 Å². The fourth-order valence-electron chi connectivity index (χ4n) is 4.36. The largest absolute Gasteiger partial charge is 0.492 e. The summed E-state index contributed by atoms with van der Waals surface area (Å²) in [6, 6.07) is 12.2. The first-order valence-corrected chi connectivity index (χ1v) is 13.4. The van der Waals surface area contributed by atoms with E-state index in [9.17, 15) is 26.4 Å². The topological polar surface area (TPSA) is 117 Å². The predicted molar refractivity (Wildman–Crippen MR) is 131 cm³/mol. The highest BCUT2D eigenvalue weighted by Gasteiger charge is 2.43. The molecule has 1 aromatic heterocycles. The first-order chi connectivity index (χ1) is 17.7. The molecule has 208 valence electrons. The lowest BCUT2D eigenvalue weighted by molar-refractivity contribution is -0.192. The van der Waals surface area contributed by atoms with Crippen LogP contribution >= 0.6 is 0 Å². The number of carboxylic acids is 1. The number of amides is 1. The highest BCUT2D eigenvalue weighted by molar-refractivity contribution is 7.89. The minimum Gasteiger partial charge on any atom is -0.492 e. The third kappa shape index (κ3) is 7.01. The number of pyridine rings is 1. The van der Waals surface area contributed by atoms with E-state index in [4.69, 9.17) is 14.6 Å². The lowest BCUT2D eigenvalue weighted by atomic mass is 9.78. The molecular weight excluding hydrogens is 527 g/mol. The molecule has 0 aliphatic carbocycles. The van der Waals surface area contributed by atoms with E-state index in [-0.39, 0.29) is 22.1 Å². The normalized spacial score (nSPS) is 18.8. The van der Waals surface area contributed by atoms with Gasteiger partial charge in [-0.3, -0.25) is 9.78 Å². The summed E-state index contributed by atoms with van der Waals surface area (Å²) in [6.07, 6.45) is -2.11. The van der Waals surface area contributed by atoms with E-state index in [1.165, 1.54) is 0 Å². The van der Waals surface area contributed by atoms with Gasteiger partial charge in [-0.25, -0.2) is 13.2 Å². The summed E-state index contributed by atoms with van der Waals surface area (Å²) in [5, 5.41) is 7.12. The molecule has 1 spiro atoms. The van der Waals surface area contributed by atoms with Crippen LogP contribution in [0.25, 0.3) is 0 Å². The molecule has 1 fully saturated rings. The van der Waals surface area contributed by atoms with Crippen LogP contribution in [0.5, 0.6) is 5.75 Å². The summed E-state index contributed by atoms with van der Waals surface area (Å²) >= 11 is 0. The second kappa shape index (κ2) is 11.7. The van der Waals surface area contributed by atoms with Crippen LogP contribution in [-0.4, -0.2) is 78.6 Å². The summed E-state index contributed by atoms with van der Waals surface area (Å²) in [5.41, 5.74) is 0.0986. The van der Waals surface area contributed by atoms with Gasteiger partial charge in [0, 0.05) is 37.8 Å². The SMILES string of the molecule is CC(C)CN1CC2(CCN(C(=O)c3ccccn3)CC2)COc2ccccc2S1(=O)=O.O=C(O)C(F)(F)F. The number of hydrogen-bond acceptors (Lipinski definition) is 6. The number of halogens is 3. The quantitative estimate of drug-likeness (QED) is 0.612. The zero-order valence-electron chi connectivity index (χ0n) is 21.0. The molecule has 0 unspecified atom stereocenters. The van der Waals surface area contributed by atoms with Gasteiger partial charge in [0.1, 0.15) is 16.3 Å². The first-order valence-electron chi connectivity index (χ1n) is 12.0. The number of ether oxygens (including phenoxy) is 1. The van der Waals surface area contributed by atoms with Crippen molar-refractivity contribution < 1.29 is 41.0 Å². The number of hydrogen-bond donors (Lipinski definition) is 1. The van der Waals surface area contributed by atoms with Gasteiger partial charge in [-0.15, -0.1) is 0 Å². The Kier molecular flexibility index (Phi) is 9.03. The van der Waals surface area contributed by atoms with Crippen LogP contribution in [0.2, 0.25) is 0 Å². The Hall–Kier alpha value is -3.19. The molecule has 2 aliphatic rings. The zero-order chi connectivity index (χ0) is 28.1. The molecule has 0 radical (unpaired) electrons. The van der Waals surface area contributed by atoms with E-state index in [1.54, 1.807) is 53.0 Å². The van der Waals surface area contributed by atoms with Crippen LogP contribution in [0.1, 0.15) is 37.2 Å². The van der Waals surface area contributed by atoms with Crippen LogP contribution in [0, 0.1) is 11.3 Å². The van der Waals surface area contributed by atoms with Crippen LogP contribution in [0.4, 0.5) is 13.2 Å². The van der Waals surface area contributed by atoms with Crippen LogP contribution in [0.15, 0.2) is 53.6 Å². The smallest absolute Gasteiger partial charge is 0.490 e. The molecule has 1 N–H and O–H groups in total. The van der Waals surface area contributed by atoms with Gasteiger partial charge >= 0.3 is 12.1 Å². The number of fused-ring (bicyclic) bond motifs is 1. The molecule has 4 rings (SSSR count). The van der Waals surface area contributed by atoms with E-state index in [0.717, 1.165) is 0 Å². The Balaban J connectivity index is 0.000000505. The highest BCUT2D eigenvalue weighted by Crippen LogP contribution is 2.39. The van der Waals surface area contributed by atoms with E-state index < -0.39 is 22.2 Å². The fraction of sp³-hybridized carbons (Fsp3) is 0.480. The highest BCUT2D eigenvalue weighted by atomic mass is 32.2. The van der Waals surface area contributed by atoms with Crippen LogP contribution < -0.4 is 4.74 Å². The molecule has 1 aromatic carbocycles. The molecule has 13 heteroatoms. The summed E-state index contributed by atoms with van der Waals surface area (Å²) in [4.78, 5) is 27.9. The minimum atomic E-state index is -5.08. The maximum absolute atomic E-state index is 13.5. The lowest BCUT2D eigenvalue weighted by Crippen LogP contribution is -2.53. The molecule has 1 amide bonds. The number of aromatic nitrogens is 1. The molecule has 9 nitrogen and oxygen atoms in total. The fourth-order valence-corrected chi connectivity index (χ4v) is 6.21. The van der Waals surface area contributed by atoms with Crippen molar-refractivity contribution in [1.29, 1.82) is 0 Å². The van der Waals surface area contributed by atoms with Crippen molar-refractivity contribution in [3.63, 3.8) is 0 Å². The molecule has 3 heterocycles. The van der Waals surface area contributed by atoms with Crippen molar-refractivity contribution in [2.75, 3.05) is 32.8 Å². The molecule has 0 saturated carbocycles. The lowest BCUT2D eigenvalue weighted by Gasteiger charge is -2.45. The summed E-state index contributed by atoms with van der Waals surface area (Å²) in [7, 11) is -3.67. The first kappa shape index (κ1) is 29.4. The van der Waals surface area contributed by atoms with Gasteiger partial charge in [0.2, 0.25) is 10.0 Å². The molecule has 1 saturated heterocycles. The number of rotatable bonds is 3. The molecular formula is C25H30F3N3O6S. The van der Waals surface area contributed by atoms with Crippen molar-refractivity contribution in [2.24, 2.45) is 11.3 Å². The summed E-state index contributed by atoms with van der Waals surface area (Å²) in [5.74, 6) is -2.24. The van der Waals surface area contributed by atoms with Crippen molar-refractivity contribution in [2.45, 2.75) is 37.8 Å². The summed E-state index contributed by atoms with van der Waals surface area (Å²) < 4.78 is 66.4. The standard InChI is InChI=1S/C23H29N3O4S.C2HF3O2/c1-18(2)15-26-16-23(17-30-20-8-3-4-9-21(20)31(26,28)29)10-13-25(14-11-23)22(27)19-7-5-6-12-24-19;3-2(4,5)1(6)7/h3-9,12,18H,10-11,13-17H2,1-2H3;(H,6,7). The van der Waals surface area contributed by atoms with Crippen LogP contribution in [-0.2, 0) is 14.8 Å². The monoisotopic (exact) mass is 557 g/mol. The number of sulfonamides is 1. The Morgan fingerprint density at radius 2 is 1.71 bits per heavy atom. The number of benzene rings is 1. The molecule has 2 aromatic rings. The van der Waals surface area contributed by atoms with Gasteiger partial charge in [0.05, 0.1) is 6.61 Å². The van der Waals surface area contributed by atoms with Gasteiger partial charge in [-0.2, -0.15) is 17.5 Å². The third-order valence-corrected chi connectivity index (χ3v) is 8.17. The number of likely N-dealkylation sites (tertiary alicyclic amines) is 1. The molecule has 2 aliphatic heterocycles. The van der Waals surface area contributed by atoms with E-state index in [1.807, 2.05) is 18.7 Å². The number of piperidine rings is 1. The van der Waals surface area contributed by atoms with Gasteiger partial charge in [0.15, 0.2) is 0 Å². The molecule has 0 bridgehead atoms. The average Bonchev–Trinajstić information content (AvgIpc) is 2.87. The van der Waals surface area contributed by atoms with Gasteiger partial charge in [0.25, 0.3) is 5.91 Å². The van der Waals surface area contributed by atoms with E-state index >= 15 is 0 Å². The Labute approximate surface area is 219 Å². The van der Waals surface area contributed by atoms with E-state index in [0.29, 0.717) is 57.1 Å². The van der Waals surface area contributed by atoms with E-state index in [2.05, 4.69) is 4.98 Å². The minimum absolute atomic E-state index is 0.0841. The Morgan fingerprint density at radius 1 is 1.11 bits per heavy atom. The second-order valence-electron chi connectivity index (χ2n) is 9.74. The van der Waals surface area contributed by atoms with Crippen molar-refractivity contribution in [1.82, 2.24) is 14.2 Å². The van der Waals surface area contributed by atoms with Crippen molar-refractivity contribution >= 4 is 21.9 Å². The number of carbonyl (C=O) groups is 2. The molecule has 38 heavy (non-hydrogen) atoms.